The molecule has 2 nitrogen and oxygen atoms in total. The van der Waals surface area contributed by atoms with E-state index in [9.17, 15) is 4.91 Å². The molecule has 1 rings (SSSR count). The van der Waals surface area contributed by atoms with E-state index in [0.29, 0.717) is 5.69 Å². The molecule has 0 bridgehead atoms. The predicted octanol–water partition coefficient (Wildman–Crippen LogP) is 3.46. The Kier molecular flexibility index (Phi) is 2.39. The van der Waals surface area contributed by atoms with Gasteiger partial charge in [0.1, 0.15) is 5.69 Å². The molecule has 0 radical (unpaired) electrons. The zero-order valence-corrected chi connectivity index (χ0v) is 7.97. The van der Waals surface area contributed by atoms with Crippen molar-refractivity contribution in [1.29, 1.82) is 0 Å². The van der Waals surface area contributed by atoms with Gasteiger partial charge in [-0.15, -0.1) is 4.91 Å². The Morgan fingerprint density at radius 3 is 2.55 bits per heavy atom. The second-order valence-corrected chi connectivity index (χ2v) is 3.34. The third kappa shape index (κ3) is 1.66. The molecular weight excluding hydrogens is 206 g/mol. The molecule has 0 aliphatic rings. The van der Waals surface area contributed by atoms with Crippen LogP contribution in [0.3, 0.4) is 0 Å². The number of rotatable bonds is 1. The fourth-order valence-electron chi connectivity index (χ4n) is 0.891. The summed E-state index contributed by atoms with van der Waals surface area (Å²) in [5, 5.41) is 2.91. The molecule has 0 spiro atoms. The maximum atomic E-state index is 10.3. The van der Waals surface area contributed by atoms with E-state index in [-0.39, 0.29) is 0 Å². The number of nitrogens with zero attached hydrogens (tertiary/aromatic N) is 1. The number of benzene rings is 1. The van der Waals surface area contributed by atoms with E-state index >= 15 is 0 Å². The normalized spacial score (nSPS) is 9.73. The molecule has 0 aromatic heterocycles. The minimum Gasteiger partial charge on any atom is -0.145 e. The van der Waals surface area contributed by atoms with Gasteiger partial charge in [-0.1, -0.05) is 15.9 Å². The summed E-state index contributed by atoms with van der Waals surface area (Å²) >= 11 is 3.34. The van der Waals surface area contributed by atoms with Crippen molar-refractivity contribution in [3.05, 3.63) is 32.6 Å². The Balaban J connectivity index is 3.35. The van der Waals surface area contributed by atoms with E-state index in [2.05, 4.69) is 21.1 Å². The molecule has 58 valence electrons. The molecule has 0 unspecified atom stereocenters. The van der Waals surface area contributed by atoms with E-state index in [0.717, 1.165) is 15.6 Å². The van der Waals surface area contributed by atoms with Crippen molar-refractivity contribution < 1.29 is 0 Å². The summed E-state index contributed by atoms with van der Waals surface area (Å²) < 4.78 is 0.937. The van der Waals surface area contributed by atoms with E-state index < -0.39 is 0 Å². The third-order valence-electron chi connectivity index (χ3n) is 1.56. The topological polar surface area (TPSA) is 29.4 Å². The summed E-state index contributed by atoms with van der Waals surface area (Å²) in [5.74, 6) is 0. The average Bonchev–Trinajstić information content (AvgIpc) is 1.96. The first-order valence-electron chi connectivity index (χ1n) is 3.25. The van der Waals surface area contributed by atoms with Gasteiger partial charge in [0.25, 0.3) is 0 Å². The minimum atomic E-state index is 0.511. The van der Waals surface area contributed by atoms with Crippen molar-refractivity contribution in [2.75, 3.05) is 0 Å². The maximum absolute atomic E-state index is 10.3. The minimum absolute atomic E-state index is 0.511. The molecule has 3 heteroatoms. The molecule has 0 fully saturated rings. The predicted molar refractivity (Wildman–Crippen MR) is 49.1 cm³/mol. The Labute approximate surface area is 73.7 Å². The monoisotopic (exact) mass is 213 g/mol. The fraction of sp³-hybridized carbons (Fsp3) is 0.250. The second kappa shape index (κ2) is 3.13. The number of hydrogen-bond acceptors (Lipinski definition) is 2. The van der Waals surface area contributed by atoms with Gasteiger partial charge in [-0.05, 0) is 42.3 Å². The van der Waals surface area contributed by atoms with Gasteiger partial charge >= 0.3 is 0 Å². The number of hydrogen-bond donors (Lipinski definition) is 0. The summed E-state index contributed by atoms with van der Waals surface area (Å²) in [6, 6.07) is 3.73. The molecule has 0 amide bonds. The number of aryl methyl sites for hydroxylation is 1. The van der Waals surface area contributed by atoms with Crippen molar-refractivity contribution in [3.8, 4) is 0 Å². The highest BCUT2D eigenvalue weighted by Crippen LogP contribution is 2.27. The molecule has 11 heavy (non-hydrogen) atoms. The maximum Gasteiger partial charge on any atom is 0.112 e. The summed E-state index contributed by atoms with van der Waals surface area (Å²) in [5.41, 5.74) is 2.44. The quantitative estimate of drug-likeness (QED) is 0.658. The van der Waals surface area contributed by atoms with Gasteiger partial charge in [0.2, 0.25) is 0 Å². The van der Waals surface area contributed by atoms with Crippen LogP contribution in [0.5, 0.6) is 0 Å². The molecule has 1 aromatic carbocycles. The van der Waals surface area contributed by atoms with Crippen LogP contribution >= 0.6 is 15.9 Å². The summed E-state index contributed by atoms with van der Waals surface area (Å²) in [7, 11) is 0. The Bertz CT molecular complexity index is 296. The zero-order valence-electron chi connectivity index (χ0n) is 6.39. The summed E-state index contributed by atoms with van der Waals surface area (Å²) in [6.07, 6.45) is 0. The third-order valence-corrected chi connectivity index (χ3v) is 2.38. The van der Waals surface area contributed by atoms with Crippen molar-refractivity contribution >= 4 is 21.6 Å². The SMILES string of the molecule is Cc1cc(Br)c(C)c(N=O)c1. The first kappa shape index (κ1) is 8.40. The van der Waals surface area contributed by atoms with E-state index in [4.69, 9.17) is 0 Å². The van der Waals surface area contributed by atoms with Crippen LogP contribution in [-0.2, 0) is 0 Å². The van der Waals surface area contributed by atoms with Gasteiger partial charge in [0.15, 0.2) is 0 Å². The van der Waals surface area contributed by atoms with Crippen LogP contribution in [-0.4, -0.2) is 0 Å². The molecule has 0 N–H and O–H groups in total. The Morgan fingerprint density at radius 1 is 1.36 bits per heavy atom. The van der Waals surface area contributed by atoms with Crippen LogP contribution in [0.4, 0.5) is 5.69 Å². The molecular formula is C8H8BrNO. The van der Waals surface area contributed by atoms with Crippen LogP contribution in [0.2, 0.25) is 0 Å². The first-order valence-corrected chi connectivity index (χ1v) is 4.04. The number of halogens is 1. The fourth-order valence-corrected chi connectivity index (χ4v) is 1.46. The highest BCUT2D eigenvalue weighted by Gasteiger charge is 2.02. The van der Waals surface area contributed by atoms with Crippen molar-refractivity contribution in [2.45, 2.75) is 13.8 Å². The van der Waals surface area contributed by atoms with Gasteiger partial charge < -0.3 is 0 Å². The Morgan fingerprint density at radius 2 is 2.00 bits per heavy atom. The van der Waals surface area contributed by atoms with Gasteiger partial charge in [-0.3, -0.25) is 0 Å². The second-order valence-electron chi connectivity index (χ2n) is 2.48. The van der Waals surface area contributed by atoms with Crippen molar-refractivity contribution in [1.82, 2.24) is 0 Å². The van der Waals surface area contributed by atoms with Gasteiger partial charge in [-0.2, -0.15) is 0 Å². The van der Waals surface area contributed by atoms with E-state index in [1.165, 1.54) is 0 Å². The lowest BCUT2D eigenvalue weighted by Gasteiger charge is -2.01. The average molecular weight is 214 g/mol. The first-order chi connectivity index (χ1) is 5.15. The van der Waals surface area contributed by atoms with Crippen LogP contribution in [0.1, 0.15) is 11.1 Å². The summed E-state index contributed by atoms with van der Waals surface area (Å²) in [6.45, 7) is 3.79. The molecule has 1 aromatic rings. The standard InChI is InChI=1S/C8H8BrNO/c1-5-3-7(9)6(2)8(4-5)10-11/h3-4H,1-2H3. The van der Waals surface area contributed by atoms with Crippen molar-refractivity contribution in [3.63, 3.8) is 0 Å². The van der Waals surface area contributed by atoms with Crippen LogP contribution < -0.4 is 0 Å². The van der Waals surface area contributed by atoms with Crippen molar-refractivity contribution in [2.24, 2.45) is 5.18 Å². The lowest BCUT2D eigenvalue weighted by molar-refractivity contribution is 1.32. The summed E-state index contributed by atoms with van der Waals surface area (Å²) in [4.78, 5) is 10.3. The van der Waals surface area contributed by atoms with Crippen LogP contribution in [0, 0.1) is 18.8 Å². The van der Waals surface area contributed by atoms with E-state index in [1.54, 1.807) is 6.07 Å². The smallest absolute Gasteiger partial charge is 0.112 e. The molecule has 0 atom stereocenters. The Hall–Kier alpha value is -0.700. The number of nitroso groups, excluding NO2 is 1. The van der Waals surface area contributed by atoms with Gasteiger partial charge in [-0.25, -0.2) is 0 Å². The van der Waals surface area contributed by atoms with Crippen LogP contribution in [0.15, 0.2) is 21.8 Å². The van der Waals surface area contributed by atoms with Gasteiger partial charge in [0, 0.05) is 4.47 Å². The van der Waals surface area contributed by atoms with Gasteiger partial charge in [0.05, 0.1) is 0 Å². The molecule has 0 saturated heterocycles. The highest BCUT2D eigenvalue weighted by atomic mass is 79.9. The molecule has 0 aliphatic carbocycles. The lowest BCUT2D eigenvalue weighted by atomic mass is 10.1. The van der Waals surface area contributed by atoms with Crippen LogP contribution in [0.25, 0.3) is 0 Å². The zero-order chi connectivity index (χ0) is 8.43. The van der Waals surface area contributed by atoms with E-state index in [1.807, 2.05) is 19.9 Å². The largest absolute Gasteiger partial charge is 0.145 e. The molecule has 0 heterocycles. The highest BCUT2D eigenvalue weighted by molar-refractivity contribution is 9.10. The molecule has 0 aliphatic heterocycles. The lowest BCUT2D eigenvalue weighted by Crippen LogP contribution is -1.79. The molecule has 0 saturated carbocycles.